The first kappa shape index (κ1) is 13.5. The molecular formula is C13H14N4OS2. The zero-order valence-electron chi connectivity index (χ0n) is 10.8. The maximum absolute atomic E-state index is 11.7. The summed E-state index contributed by atoms with van der Waals surface area (Å²) >= 11 is 3.25. The predicted octanol–water partition coefficient (Wildman–Crippen LogP) is 1.57. The van der Waals surface area contributed by atoms with Gasteiger partial charge in [-0.1, -0.05) is 23.6 Å². The van der Waals surface area contributed by atoms with E-state index in [4.69, 9.17) is 5.73 Å². The highest BCUT2D eigenvalue weighted by Gasteiger charge is 2.28. The van der Waals surface area contributed by atoms with Gasteiger partial charge in [0.25, 0.3) is 0 Å². The number of aromatic amines is 1. The number of hydrogen-bond acceptors (Lipinski definition) is 5. The van der Waals surface area contributed by atoms with Gasteiger partial charge in [0.2, 0.25) is 0 Å². The Morgan fingerprint density at radius 1 is 1.60 bits per heavy atom. The lowest BCUT2D eigenvalue weighted by atomic mass is 10.3. The highest BCUT2D eigenvalue weighted by molar-refractivity contribution is 7.98. The Hall–Kier alpha value is -1.49. The lowest BCUT2D eigenvalue weighted by molar-refractivity contribution is 0.642. The molecule has 0 saturated heterocycles. The molecule has 0 radical (unpaired) electrons. The fraction of sp³-hybridized carbons (Fsp3) is 0.385. The SMILES string of the molecule is NCC#Cc1csc(CSc2n[nH]c(=O)n2C2CC2)c1. The molecule has 5 nitrogen and oxygen atoms in total. The van der Waals surface area contributed by atoms with Crippen molar-refractivity contribution in [2.75, 3.05) is 6.54 Å². The normalized spacial score (nSPS) is 14.1. The monoisotopic (exact) mass is 306 g/mol. The molecule has 104 valence electrons. The molecule has 0 unspecified atom stereocenters. The third-order valence-corrected chi connectivity index (χ3v) is 5.04. The third-order valence-electron chi connectivity index (χ3n) is 2.92. The molecule has 1 aliphatic carbocycles. The van der Waals surface area contributed by atoms with E-state index in [0.29, 0.717) is 12.6 Å². The second-order valence-corrected chi connectivity index (χ2v) is 6.45. The molecule has 1 fully saturated rings. The predicted molar refractivity (Wildman–Crippen MR) is 80.9 cm³/mol. The fourth-order valence-corrected chi connectivity index (χ4v) is 3.74. The van der Waals surface area contributed by atoms with Crippen LogP contribution in [0.1, 0.15) is 29.3 Å². The minimum Gasteiger partial charge on any atom is -0.320 e. The molecule has 0 spiro atoms. The smallest absolute Gasteiger partial charge is 0.320 e. The number of nitrogens with one attached hydrogen (secondary N) is 1. The number of thiophene rings is 1. The molecule has 1 aliphatic rings. The molecule has 3 rings (SSSR count). The summed E-state index contributed by atoms with van der Waals surface area (Å²) in [6.45, 7) is 0.376. The van der Waals surface area contributed by atoms with Crippen molar-refractivity contribution < 1.29 is 0 Å². The largest absolute Gasteiger partial charge is 0.344 e. The maximum Gasteiger partial charge on any atom is 0.344 e. The van der Waals surface area contributed by atoms with Crippen molar-refractivity contribution in [2.24, 2.45) is 5.73 Å². The number of aromatic nitrogens is 3. The van der Waals surface area contributed by atoms with E-state index < -0.39 is 0 Å². The van der Waals surface area contributed by atoms with Gasteiger partial charge >= 0.3 is 5.69 Å². The summed E-state index contributed by atoms with van der Waals surface area (Å²) in [5, 5.41) is 9.43. The Balaban J connectivity index is 1.67. The summed E-state index contributed by atoms with van der Waals surface area (Å²) in [7, 11) is 0. The van der Waals surface area contributed by atoms with Gasteiger partial charge in [-0.3, -0.25) is 4.57 Å². The van der Waals surface area contributed by atoms with E-state index >= 15 is 0 Å². The zero-order valence-corrected chi connectivity index (χ0v) is 12.4. The number of rotatable bonds is 4. The first-order valence-electron chi connectivity index (χ1n) is 6.34. The van der Waals surface area contributed by atoms with E-state index in [1.165, 1.54) is 4.88 Å². The van der Waals surface area contributed by atoms with Crippen LogP contribution in [0, 0.1) is 11.8 Å². The highest BCUT2D eigenvalue weighted by Crippen LogP contribution is 2.36. The summed E-state index contributed by atoms with van der Waals surface area (Å²) in [5.74, 6) is 6.66. The molecule has 0 aliphatic heterocycles. The molecular weight excluding hydrogens is 292 g/mol. The Labute approximate surface area is 124 Å². The Morgan fingerprint density at radius 2 is 2.45 bits per heavy atom. The molecule has 3 N–H and O–H groups in total. The number of H-pyrrole nitrogens is 1. The van der Waals surface area contributed by atoms with Gasteiger partial charge in [0.05, 0.1) is 6.54 Å². The average molecular weight is 306 g/mol. The third kappa shape index (κ3) is 2.98. The lowest BCUT2D eigenvalue weighted by Gasteiger charge is -2.01. The van der Waals surface area contributed by atoms with Gasteiger partial charge in [-0.2, -0.15) is 0 Å². The van der Waals surface area contributed by atoms with E-state index in [1.54, 1.807) is 27.7 Å². The summed E-state index contributed by atoms with van der Waals surface area (Å²) in [6.07, 6.45) is 2.15. The van der Waals surface area contributed by atoms with Crippen LogP contribution < -0.4 is 11.4 Å². The first-order chi connectivity index (χ1) is 9.78. The Morgan fingerprint density at radius 3 is 3.20 bits per heavy atom. The van der Waals surface area contributed by atoms with Gasteiger partial charge in [0.15, 0.2) is 5.16 Å². The molecule has 0 aromatic carbocycles. The first-order valence-corrected chi connectivity index (χ1v) is 8.20. The van der Waals surface area contributed by atoms with Gasteiger partial charge in [0, 0.05) is 27.6 Å². The molecule has 0 bridgehead atoms. The van der Waals surface area contributed by atoms with Gasteiger partial charge in [-0.05, 0) is 18.9 Å². The van der Waals surface area contributed by atoms with E-state index in [-0.39, 0.29) is 5.69 Å². The van der Waals surface area contributed by atoms with Crippen LogP contribution in [-0.2, 0) is 5.75 Å². The van der Waals surface area contributed by atoms with Gasteiger partial charge in [-0.15, -0.1) is 16.4 Å². The second-order valence-electron chi connectivity index (χ2n) is 4.51. The van der Waals surface area contributed by atoms with E-state index in [1.807, 2.05) is 5.38 Å². The van der Waals surface area contributed by atoms with Crippen molar-refractivity contribution >= 4 is 23.1 Å². The van der Waals surface area contributed by atoms with E-state index in [0.717, 1.165) is 29.3 Å². The zero-order chi connectivity index (χ0) is 13.9. The van der Waals surface area contributed by atoms with Gasteiger partial charge < -0.3 is 5.73 Å². The fourth-order valence-electron chi connectivity index (χ4n) is 1.86. The lowest BCUT2D eigenvalue weighted by Crippen LogP contribution is -2.16. The maximum atomic E-state index is 11.7. The summed E-state index contributed by atoms with van der Waals surface area (Å²) < 4.78 is 1.77. The number of thioether (sulfide) groups is 1. The van der Waals surface area contributed by atoms with Crippen LogP contribution in [0.2, 0.25) is 0 Å². The molecule has 0 amide bonds. The summed E-state index contributed by atoms with van der Waals surface area (Å²) in [4.78, 5) is 12.9. The molecule has 1 saturated carbocycles. The number of hydrogen-bond donors (Lipinski definition) is 2. The van der Waals surface area contributed by atoms with Gasteiger partial charge in [0.1, 0.15) is 0 Å². The second kappa shape index (κ2) is 5.87. The van der Waals surface area contributed by atoms with E-state index in [2.05, 4.69) is 28.1 Å². The summed E-state index contributed by atoms with van der Waals surface area (Å²) in [6, 6.07) is 2.41. The van der Waals surface area contributed by atoms with Crippen molar-refractivity contribution in [3.63, 3.8) is 0 Å². The molecule has 2 aromatic heterocycles. The minimum atomic E-state index is -0.101. The number of nitrogens with two attached hydrogens (primary N) is 1. The average Bonchev–Trinajstić information content (AvgIpc) is 3.06. The van der Waals surface area contributed by atoms with Crippen LogP contribution in [0.25, 0.3) is 0 Å². The van der Waals surface area contributed by atoms with E-state index in [9.17, 15) is 4.79 Å². The van der Waals surface area contributed by atoms with Crippen LogP contribution in [0.15, 0.2) is 21.4 Å². The Bertz CT molecular complexity index is 715. The minimum absolute atomic E-state index is 0.101. The van der Waals surface area contributed by atoms with Crippen molar-refractivity contribution in [3.05, 3.63) is 32.4 Å². The molecule has 2 heterocycles. The van der Waals surface area contributed by atoms with Crippen LogP contribution in [0.3, 0.4) is 0 Å². The van der Waals surface area contributed by atoms with Crippen LogP contribution >= 0.6 is 23.1 Å². The highest BCUT2D eigenvalue weighted by atomic mass is 32.2. The van der Waals surface area contributed by atoms with Crippen LogP contribution in [-0.4, -0.2) is 21.3 Å². The van der Waals surface area contributed by atoms with Crippen molar-refractivity contribution in [2.45, 2.75) is 29.8 Å². The quantitative estimate of drug-likeness (QED) is 0.664. The Kier molecular flexibility index (Phi) is 3.96. The number of nitrogens with zero attached hydrogens (tertiary/aromatic N) is 2. The van der Waals surface area contributed by atoms with Gasteiger partial charge in [-0.25, -0.2) is 9.89 Å². The topological polar surface area (TPSA) is 76.7 Å². The van der Waals surface area contributed by atoms with Crippen molar-refractivity contribution in [3.8, 4) is 11.8 Å². The molecule has 7 heteroatoms. The van der Waals surface area contributed by atoms with Crippen LogP contribution in [0.5, 0.6) is 0 Å². The summed E-state index contributed by atoms with van der Waals surface area (Å²) in [5.41, 5.74) is 6.25. The molecule has 2 aromatic rings. The molecule has 20 heavy (non-hydrogen) atoms. The van der Waals surface area contributed by atoms with Crippen molar-refractivity contribution in [1.82, 2.24) is 14.8 Å². The van der Waals surface area contributed by atoms with Crippen molar-refractivity contribution in [1.29, 1.82) is 0 Å². The standard InChI is InChI=1S/C13H14N4OS2/c14-5-1-2-9-6-11(19-7-9)8-20-13-16-15-12(18)17(13)10-3-4-10/h6-7,10H,3-5,8,14H2,(H,15,18). The van der Waals surface area contributed by atoms with Crippen LogP contribution in [0.4, 0.5) is 0 Å². The molecule has 0 atom stereocenters.